The first-order valence-electron chi connectivity index (χ1n) is 5.41. The molecule has 1 aliphatic rings. The van der Waals surface area contributed by atoms with Crippen LogP contribution >= 0.6 is 22.9 Å². The summed E-state index contributed by atoms with van der Waals surface area (Å²) in [5.74, 6) is 0.0690. The van der Waals surface area contributed by atoms with Gasteiger partial charge in [-0.05, 0) is 6.42 Å². The van der Waals surface area contributed by atoms with Gasteiger partial charge in [0.15, 0.2) is 20.8 Å². The van der Waals surface area contributed by atoms with Crippen molar-refractivity contribution in [1.82, 2.24) is 4.98 Å². The summed E-state index contributed by atoms with van der Waals surface area (Å²) in [7, 11) is -1.11. The summed E-state index contributed by atoms with van der Waals surface area (Å²) >= 11 is 6.79. The number of sulfone groups is 1. The van der Waals surface area contributed by atoms with Crippen LogP contribution in [0.15, 0.2) is 5.38 Å². The van der Waals surface area contributed by atoms with Crippen LogP contribution in [-0.2, 0) is 9.84 Å². The fourth-order valence-corrected chi connectivity index (χ4v) is 4.64. The Morgan fingerprint density at radius 3 is 2.94 bits per heavy atom. The van der Waals surface area contributed by atoms with Gasteiger partial charge in [-0.25, -0.2) is 13.4 Å². The van der Waals surface area contributed by atoms with E-state index in [2.05, 4.69) is 4.98 Å². The first-order chi connectivity index (χ1) is 8.43. The average Bonchev–Trinajstić information content (AvgIpc) is 2.93. The van der Waals surface area contributed by atoms with E-state index in [1.807, 2.05) is 4.90 Å². The molecule has 100 valence electrons. The third kappa shape index (κ3) is 2.84. The van der Waals surface area contributed by atoms with E-state index in [0.29, 0.717) is 17.2 Å². The van der Waals surface area contributed by atoms with Gasteiger partial charge in [0, 0.05) is 18.5 Å². The minimum Gasteiger partial charge on any atom is -0.347 e. The molecule has 18 heavy (non-hydrogen) atoms. The Morgan fingerprint density at radius 1 is 1.67 bits per heavy atom. The van der Waals surface area contributed by atoms with E-state index in [-0.39, 0.29) is 29.2 Å². The van der Waals surface area contributed by atoms with E-state index in [1.54, 1.807) is 12.4 Å². The fraction of sp³-hybridized carbons (Fsp3) is 0.600. The third-order valence-electron chi connectivity index (χ3n) is 2.96. The van der Waals surface area contributed by atoms with E-state index < -0.39 is 9.84 Å². The van der Waals surface area contributed by atoms with Gasteiger partial charge in [-0.15, -0.1) is 22.9 Å². The topological polar surface area (TPSA) is 67.3 Å². The molecule has 0 aromatic carbocycles. The molecule has 0 saturated carbocycles. The summed E-state index contributed by atoms with van der Waals surface area (Å²) in [5, 5.41) is 2.31. The highest BCUT2D eigenvalue weighted by atomic mass is 35.5. The van der Waals surface area contributed by atoms with Crippen LogP contribution in [0.1, 0.15) is 16.9 Å². The van der Waals surface area contributed by atoms with Crippen LogP contribution in [0.3, 0.4) is 0 Å². The van der Waals surface area contributed by atoms with Gasteiger partial charge in [0.1, 0.15) is 5.69 Å². The molecule has 1 fully saturated rings. The molecule has 0 radical (unpaired) electrons. The fourth-order valence-electron chi connectivity index (χ4n) is 1.86. The van der Waals surface area contributed by atoms with Gasteiger partial charge in [0.25, 0.3) is 0 Å². The van der Waals surface area contributed by atoms with Crippen molar-refractivity contribution in [1.29, 1.82) is 0 Å². The summed E-state index contributed by atoms with van der Waals surface area (Å²) in [4.78, 5) is 17.4. The average molecular weight is 309 g/mol. The predicted octanol–water partition coefficient (Wildman–Crippen LogP) is 1.19. The van der Waals surface area contributed by atoms with Crippen molar-refractivity contribution in [2.75, 3.05) is 29.3 Å². The van der Waals surface area contributed by atoms with Crippen molar-refractivity contribution in [3.63, 3.8) is 0 Å². The molecule has 2 rings (SSSR count). The van der Waals surface area contributed by atoms with Crippen molar-refractivity contribution >= 4 is 43.7 Å². The molecule has 0 spiro atoms. The van der Waals surface area contributed by atoms with Gasteiger partial charge >= 0.3 is 0 Å². The Kier molecular flexibility index (Phi) is 3.93. The molecule has 0 bridgehead atoms. The number of hydrogen-bond acceptors (Lipinski definition) is 6. The maximum absolute atomic E-state index is 11.4. The zero-order valence-electron chi connectivity index (χ0n) is 9.80. The van der Waals surface area contributed by atoms with Gasteiger partial charge in [-0.3, -0.25) is 4.79 Å². The molecule has 0 N–H and O–H groups in total. The Balaban J connectivity index is 2.12. The number of carbonyl (C=O) groups is 1. The number of rotatable bonds is 4. The zero-order valence-corrected chi connectivity index (χ0v) is 12.2. The molecule has 1 atom stereocenters. The Bertz CT molecular complexity index is 555. The SMILES string of the molecule is CN(c1nc(C(=O)CCl)cs1)C1CCS(=O)(=O)C1. The van der Waals surface area contributed by atoms with Crippen LogP contribution in [0.25, 0.3) is 0 Å². The van der Waals surface area contributed by atoms with Gasteiger partial charge < -0.3 is 4.90 Å². The van der Waals surface area contributed by atoms with E-state index in [0.717, 1.165) is 0 Å². The molecular formula is C10H13ClN2O3S2. The maximum atomic E-state index is 11.4. The van der Waals surface area contributed by atoms with Crippen LogP contribution in [0.4, 0.5) is 5.13 Å². The van der Waals surface area contributed by atoms with Gasteiger partial charge in [-0.1, -0.05) is 0 Å². The summed E-state index contributed by atoms with van der Waals surface area (Å²) < 4.78 is 22.8. The molecule has 1 aromatic rings. The summed E-state index contributed by atoms with van der Waals surface area (Å²) in [6.45, 7) is 0. The number of nitrogens with zero attached hydrogens (tertiary/aromatic N) is 2. The minimum absolute atomic E-state index is 0.0555. The zero-order chi connectivity index (χ0) is 13.3. The number of hydrogen-bond donors (Lipinski definition) is 0. The second-order valence-corrected chi connectivity index (χ2v) is 7.57. The lowest BCUT2D eigenvalue weighted by atomic mass is 10.2. The summed E-state index contributed by atoms with van der Waals surface area (Å²) in [6.07, 6.45) is 0.608. The first-order valence-corrected chi connectivity index (χ1v) is 8.64. The molecule has 1 aliphatic heterocycles. The molecule has 5 nitrogen and oxygen atoms in total. The number of ketones is 1. The highest BCUT2D eigenvalue weighted by molar-refractivity contribution is 7.91. The van der Waals surface area contributed by atoms with E-state index in [4.69, 9.17) is 11.6 Å². The van der Waals surface area contributed by atoms with Crippen molar-refractivity contribution < 1.29 is 13.2 Å². The van der Waals surface area contributed by atoms with Crippen LogP contribution in [-0.4, -0.2) is 49.7 Å². The Morgan fingerprint density at radius 2 is 2.39 bits per heavy atom. The highest BCUT2D eigenvalue weighted by Gasteiger charge is 2.31. The lowest BCUT2D eigenvalue weighted by Gasteiger charge is -2.22. The Labute approximate surface area is 115 Å². The van der Waals surface area contributed by atoms with Gasteiger partial charge in [0.2, 0.25) is 0 Å². The van der Waals surface area contributed by atoms with Crippen molar-refractivity contribution in [2.24, 2.45) is 0 Å². The number of alkyl halides is 1. The van der Waals surface area contributed by atoms with Crippen LogP contribution in [0.5, 0.6) is 0 Å². The number of halogens is 1. The van der Waals surface area contributed by atoms with Crippen molar-refractivity contribution in [3.05, 3.63) is 11.1 Å². The number of carbonyl (C=O) groups excluding carboxylic acids is 1. The lowest BCUT2D eigenvalue weighted by molar-refractivity contribution is 0.101. The number of anilines is 1. The maximum Gasteiger partial charge on any atom is 0.196 e. The highest BCUT2D eigenvalue weighted by Crippen LogP contribution is 2.26. The van der Waals surface area contributed by atoms with Crippen molar-refractivity contribution in [3.8, 4) is 0 Å². The molecular weight excluding hydrogens is 296 g/mol. The number of Topliss-reactive ketones (excluding diaryl/α,β-unsaturated/α-hetero) is 1. The largest absolute Gasteiger partial charge is 0.347 e. The molecule has 8 heteroatoms. The van der Waals surface area contributed by atoms with Crippen molar-refractivity contribution in [2.45, 2.75) is 12.5 Å². The van der Waals surface area contributed by atoms with Crippen LogP contribution in [0, 0.1) is 0 Å². The normalized spacial score (nSPS) is 22.0. The molecule has 1 unspecified atom stereocenters. The van der Waals surface area contributed by atoms with Crippen LogP contribution < -0.4 is 4.90 Å². The number of aromatic nitrogens is 1. The molecule has 2 heterocycles. The second-order valence-electron chi connectivity index (χ2n) is 4.24. The van der Waals surface area contributed by atoms with E-state index in [1.165, 1.54) is 11.3 Å². The molecule has 0 amide bonds. The monoisotopic (exact) mass is 308 g/mol. The minimum atomic E-state index is -2.92. The third-order valence-corrected chi connectivity index (χ3v) is 5.88. The first kappa shape index (κ1) is 13.8. The standard InChI is InChI=1S/C10H13ClN2O3S2/c1-13(7-2-3-18(15,16)6-7)10-12-8(5-17-10)9(14)4-11/h5,7H,2-4,6H2,1H3. The molecule has 0 aliphatic carbocycles. The predicted molar refractivity (Wildman–Crippen MR) is 72.6 cm³/mol. The second kappa shape index (κ2) is 5.14. The molecule has 1 aromatic heterocycles. The lowest BCUT2D eigenvalue weighted by Crippen LogP contribution is -2.32. The van der Waals surface area contributed by atoms with E-state index in [9.17, 15) is 13.2 Å². The molecule has 1 saturated heterocycles. The quantitative estimate of drug-likeness (QED) is 0.617. The van der Waals surface area contributed by atoms with E-state index >= 15 is 0 Å². The van der Waals surface area contributed by atoms with Gasteiger partial charge in [-0.2, -0.15) is 0 Å². The Hall–Kier alpha value is -0.660. The van der Waals surface area contributed by atoms with Gasteiger partial charge in [0.05, 0.1) is 17.4 Å². The summed E-state index contributed by atoms with van der Waals surface area (Å²) in [5.41, 5.74) is 0.345. The number of thiazole rings is 1. The van der Waals surface area contributed by atoms with Crippen LogP contribution in [0.2, 0.25) is 0 Å². The summed E-state index contributed by atoms with van der Waals surface area (Å²) in [6, 6.07) is -0.0555. The smallest absolute Gasteiger partial charge is 0.196 e.